The summed E-state index contributed by atoms with van der Waals surface area (Å²) in [5, 5.41) is 2.89. The van der Waals surface area contributed by atoms with Gasteiger partial charge >= 0.3 is 0 Å². The molecule has 1 N–H and O–H groups in total. The SMILES string of the molecule is O=S1(=O)CCC(S(=O)(=O)N2CC3CCCNC3C2)CC1. The summed E-state index contributed by atoms with van der Waals surface area (Å²) in [5.74, 6) is 0.442. The molecule has 0 saturated carbocycles. The third kappa shape index (κ3) is 2.75. The number of piperidine rings is 1. The van der Waals surface area contributed by atoms with Crippen LogP contribution < -0.4 is 5.32 Å². The molecule has 3 saturated heterocycles. The number of hydrogen-bond acceptors (Lipinski definition) is 5. The van der Waals surface area contributed by atoms with Crippen molar-refractivity contribution in [2.75, 3.05) is 31.1 Å². The Kier molecular flexibility index (Phi) is 3.85. The van der Waals surface area contributed by atoms with Gasteiger partial charge in [0.05, 0.1) is 16.8 Å². The second kappa shape index (κ2) is 5.23. The largest absolute Gasteiger partial charge is 0.312 e. The first kappa shape index (κ1) is 14.7. The lowest BCUT2D eigenvalue weighted by molar-refractivity contribution is 0.339. The predicted molar refractivity (Wildman–Crippen MR) is 76.7 cm³/mol. The average molecular weight is 322 g/mol. The zero-order chi connectivity index (χ0) is 14.4. The van der Waals surface area contributed by atoms with Gasteiger partial charge in [-0.05, 0) is 38.1 Å². The van der Waals surface area contributed by atoms with E-state index in [0.29, 0.717) is 19.0 Å². The summed E-state index contributed by atoms with van der Waals surface area (Å²) in [6.45, 7) is 2.12. The lowest BCUT2D eigenvalue weighted by Gasteiger charge is -2.27. The molecule has 0 aromatic rings. The molecule has 0 aromatic carbocycles. The van der Waals surface area contributed by atoms with E-state index < -0.39 is 25.1 Å². The predicted octanol–water partition coefficient (Wildman–Crippen LogP) is -0.423. The highest BCUT2D eigenvalue weighted by molar-refractivity contribution is 7.92. The normalized spacial score (nSPS) is 35.8. The van der Waals surface area contributed by atoms with E-state index in [1.807, 2.05) is 0 Å². The minimum atomic E-state index is -3.34. The molecule has 3 aliphatic heterocycles. The van der Waals surface area contributed by atoms with Crippen LogP contribution in [0.25, 0.3) is 0 Å². The standard InChI is InChI=1S/C12H22N2O4S2/c15-19(16)6-3-11(4-7-19)20(17,18)14-8-10-2-1-5-13-12(10)9-14/h10-13H,1-9H2. The van der Waals surface area contributed by atoms with Crippen molar-refractivity contribution in [1.82, 2.24) is 9.62 Å². The number of rotatable bonds is 2. The Bertz CT molecular complexity index is 544. The van der Waals surface area contributed by atoms with Gasteiger partial charge in [-0.1, -0.05) is 0 Å². The number of sulfone groups is 1. The molecule has 0 aliphatic carbocycles. The van der Waals surface area contributed by atoms with Gasteiger partial charge in [-0.2, -0.15) is 4.31 Å². The lowest BCUT2D eigenvalue weighted by atomic mass is 9.94. The lowest BCUT2D eigenvalue weighted by Crippen LogP contribution is -2.43. The molecule has 6 nitrogen and oxygen atoms in total. The molecule has 2 atom stereocenters. The Hall–Kier alpha value is -0.180. The summed E-state index contributed by atoms with van der Waals surface area (Å²) in [7, 11) is -6.36. The maximum absolute atomic E-state index is 12.6. The van der Waals surface area contributed by atoms with Crippen molar-refractivity contribution in [2.45, 2.75) is 37.0 Å². The van der Waals surface area contributed by atoms with Gasteiger partial charge < -0.3 is 5.32 Å². The monoisotopic (exact) mass is 322 g/mol. The maximum atomic E-state index is 12.6. The summed E-state index contributed by atoms with van der Waals surface area (Å²) in [4.78, 5) is 0. The van der Waals surface area contributed by atoms with Gasteiger partial charge in [0.25, 0.3) is 0 Å². The Morgan fingerprint density at radius 3 is 2.40 bits per heavy atom. The maximum Gasteiger partial charge on any atom is 0.217 e. The van der Waals surface area contributed by atoms with E-state index >= 15 is 0 Å². The molecule has 3 rings (SSSR count). The van der Waals surface area contributed by atoms with Crippen molar-refractivity contribution in [2.24, 2.45) is 5.92 Å². The Morgan fingerprint density at radius 2 is 1.75 bits per heavy atom. The molecule has 0 bridgehead atoms. The van der Waals surface area contributed by atoms with Gasteiger partial charge in [-0.15, -0.1) is 0 Å². The fourth-order valence-corrected chi connectivity index (χ4v) is 7.40. The van der Waals surface area contributed by atoms with E-state index in [9.17, 15) is 16.8 Å². The Morgan fingerprint density at radius 1 is 1.05 bits per heavy atom. The first-order chi connectivity index (χ1) is 9.38. The number of nitrogens with zero attached hydrogens (tertiary/aromatic N) is 1. The van der Waals surface area contributed by atoms with Crippen LogP contribution in [0, 0.1) is 5.92 Å². The fourth-order valence-electron chi connectivity index (χ4n) is 3.59. The highest BCUT2D eigenvalue weighted by atomic mass is 32.2. The molecule has 116 valence electrons. The quantitative estimate of drug-likeness (QED) is 0.746. The molecule has 0 aromatic heterocycles. The summed E-state index contributed by atoms with van der Waals surface area (Å²) >= 11 is 0. The van der Waals surface area contributed by atoms with Crippen molar-refractivity contribution in [3.05, 3.63) is 0 Å². The zero-order valence-corrected chi connectivity index (χ0v) is 13.1. The van der Waals surface area contributed by atoms with Gasteiger partial charge in [0.15, 0.2) is 0 Å². The van der Waals surface area contributed by atoms with Crippen LogP contribution in [-0.2, 0) is 19.9 Å². The van der Waals surface area contributed by atoms with Crippen molar-refractivity contribution >= 4 is 19.9 Å². The highest BCUT2D eigenvalue weighted by Crippen LogP contribution is 2.30. The molecular formula is C12H22N2O4S2. The van der Waals surface area contributed by atoms with Crippen molar-refractivity contribution in [3.63, 3.8) is 0 Å². The van der Waals surface area contributed by atoms with Gasteiger partial charge in [0.2, 0.25) is 10.0 Å². The van der Waals surface area contributed by atoms with E-state index in [4.69, 9.17) is 0 Å². The fraction of sp³-hybridized carbons (Fsp3) is 1.00. The van der Waals surface area contributed by atoms with E-state index in [1.54, 1.807) is 4.31 Å². The van der Waals surface area contributed by atoms with Crippen LogP contribution in [0.1, 0.15) is 25.7 Å². The summed E-state index contributed by atoms with van der Waals surface area (Å²) in [6.07, 6.45) is 2.70. The Labute approximate surface area is 120 Å². The summed E-state index contributed by atoms with van der Waals surface area (Å²) < 4.78 is 49.8. The Balaban J connectivity index is 1.70. The van der Waals surface area contributed by atoms with Gasteiger partial charge in [-0.25, -0.2) is 16.8 Å². The molecule has 0 spiro atoms. The first-order valence-corrected chi connectivity index (χ1v) is 10.6. The molecule has 0 amide bonds. The average Bonchev–Trinajstić information content (AvgIpc) is 2.82. The van der Waals surface area contributed by atoms with E-state index in [2.05, 4.69) is 5.32 Å². The molecule has 3 heterocycles. The third-order valence-electron chi connectivity index (χ3n) is 4.85. The zero-order valence-electron chi connectivity index (χ0n) is 11.5. The second-order valence-corrected chi connectivity index (χ2v) is 10.7. The van der Waals surface area contributed by atoms with Crippen molar-refractivity contribution < 1.29 is 16.8 Å². The molecule has 3 fully saturated rings. The van der Waals surface area contributed by atoms with Crippen LogP contribution in [0.15, 0.2) is 0 Å². The summed E-state index contributed by atoms with van der Waals surface area (Å²) in [5.41, 5.74) is 0. The van der Waals surface area contributed by atoms with Crippen LogP contribution >= 0.6 is 0 Å². The van der Waals surface area contributed by atoms with Crippen LogP contribution in [0.2, 0.25) is 0 Å². The van der Waals surface area contributed by atoms with E-state index in [1.165, 1.54) is 0 Å². The van der Waals surface area contributed by atoms with E-state index in [-0.39, 0.29) is 30.4 Å². The number of nitrogens with one attached hydrogen (secondary N) is 1. The topological polar surface area (TPSA) is 83.5 Å². The minimum Gasteiger partial charge on any atom is -0.312 e. The number of fused-ring (bicyclic) bond motifs is 1. The molecule has 8 heteroatoms. The summed E-state index contributed by atoms with van der Waals surface area (Å²) in [6, 6.07) is 0.283. The molecule has 0 radical (unpaired) electrons. The van der Waals surface area contributed by atoms with Crippen molar-refractivity contribution in [3.8, 4) is 0 Å². The first-order valence-electron chi connectivity index (χ1n) is 7.31. The molecule has 3 aliphatic rings. The van der Waals surface area contributed by atoms with E-state index in [0.717, 1.165) is 19.4 Å². The molecule has 20 heavy (non-hydrogen) atoms. The molecule has 2 unspecified atom stereocenters. The smallest absolute Gasteiger partial charge is 0.217 e. The van der Waals surface area contributed by atoms with Crippen LogP contribution in [0.5, 0.6) is 0 Å². The number of hydrogen-bond donors (Lipinski definition) is 1. The third-order valence-corrected chi connectivity index (χ3v) is 8.90. The number of sulfonamides is 1. The van der Waals surface area contributed by atoms with Crippen LogP contribution in [0.3, 0.4) is 0 Å². The van der Waals surface area contributed by atoms with Gasteiger partial charge in [0, 0.05) is 19.1 Å². The molecular weight excluding hydrogens is 300 g/mol. The van der Waals surface area contributed by atoms with Crippen molar-refractivity contribution in [1.29, 1.82) is 0 Å². The van der Waals surface area contributed by atoms with Crippen LogP contribution in [0.4, 0.5) is 0 Å². The van der Waals surface area contributed by atoms with Crippen LogP contribution in [-0.4, -0.2) is 63.6 Å². The van der Waals surface area contributed by atoms with Gasteiger partial charge in [0.1, 0.15) is 9.84 Å². The van der Waals surface area contributed by atoms with Gasteiger partial charge in [-0.3, -0.25) is 0 Å². The highest BCUT2D eigenvalue weighted by Gasteiger charge is 2.43. The minimum absolute atomic E-state index is 0.00977. The second-order valence-electron chi connectivity index (χ2n) is 6.18.